The van der Waals surface area contributed by atoms with E-state index < -0.39 is 0 Å². The first-order valence-electron chi connectivity index (χ1n) is 6.82. The molecule has 0 saturated carbocycles. The maximum atomic E-state index is 11.1. The lowest BCUT2D eigenvalue weighted by Crippen LogP contribution is -2.35. The molecule has 1 fully saturated rings. The molecule has 0 spiro atoms. The summed E-state index contributed by atoms with van der Waals surface area (Å²) in [5.74, 6) is 1.76. The van der Waals surface area contributed by atoms with Crippen LogP contribution in [0.25, 0.3) is 11.0 Å². The molecule has 1 aliphatic heterocycles. The number of benzene rings is 1. The lowest BCUT2D eigenvalue weighted by molar-refractivity contribution is -0.119. The summed E-state index contributed by atoms with van der Waals surface area (Å²) in [6.07, 6.45) is 1.54. The number of rotatable bonds is 5. The summed E-state index contributed by atoms with van der Waals surface area (Å²) in [4.78, 5) is 11.1. The van der Waals surface area contributed by atoms with Gasteiger partial charge in [-0.15, -0.1) is 0 Å². The number of para-hydroxylation sites is 1. The molecular weight excluding hydrogens is 256 g/mol. The summed E-state index contributed by atoms with van der Waals surface area (Å²) < 4.78 is 11.1. The summed E-state index contributed by atoms with van der Waals surface area (Å²) in [7, 11) is 1.64. The van der Waals surface area contributed by atoms with E-state index in [1.807, 2.05) is 24.3 Å². The first-order valence-corrected chi connectivity index (χ1v) is 6.82. The standard InChI is InChI=1S/C15H18N2O3/c1-19-13-4-2-3-10-7-12(20-15(10)13)9-16-8-11-5-6-14(18)17-11/h2-4,7,11,16H,5-6,8-9H2,1H3,(H,17,18). The summed E-state index contributed by atoms with van der Waals surface area (Å²) in [6.45, 7) is 1.41. The molecule has 1 amide bonds. The third-order valence-corrected chi connectivity index (χ3v) is 3.55. The van der Waals surface area contributed by atoms with Crippen LogP contribution < -0.4 is 15.4 Å². The highest BCUT2D eigenvalue weighted by molar-refractivity contribution is 5.83. The topological polar surface area (TPSA) is 63.5 Å². The van der Waals surface area contributed by atoms with Gasteiger partial charge in [-0.3, -0.25) is 4.79 Å². The van der Waals surface area contributed by atoms with Gasteiger partial charge in [0.1, 0.15) is 5.76 Å². The highest BCUT2D eigenvalue weighted by atomic mass is 16.5. The second kappa shape index (κ2) is 5.54. The van der Waals surface area contributed by atoms with Gasteiger partial charge >= 0.3 is 0 Å². The van der Waals surface area contributed by atoms with Crippen LogP contribution in [0.3, 0.4) is 0 Å². The van der Waals surface area contributed by atoms with Crippen LogP contribution in [0.4, 0.5) is 0 Å². The molecule has 5 nitrogen and oxygen atoms in total. The van der Waals surface area contributed by atoms with Crippen LogP contribution in [0.1, 0.15) is 18.6 Å². The minimum atomic E-state index is 0.144. The van der Waals surface area contributed by atoms with Crippen molar-refractivity contribution in [1.29, 1.82) is 0 Å². The van der Waals surface area contributed by atoms with Crippen molar-refractivity contribution in [1.82, 2.24) is 10.6 Å². The van der Waals surface area contributed by atoms with E-state index in [1.54, 1.807) is 7.11 Å². The first kappa shape index (κ1) is 13.0. The van der Waals surface area contributed by atoms with Crippen LogP contribution in [-0.4, -0.2) is 25.6 Å². The fourth-order valence-electron chi connectivity index (χ4n) is 2.54. The Bertz CT molecular complexity index is 621. The normalized spacial score (nSPS) is 18.4. The quantitative estimate of drug-likeness (QED) is 0.873. The van der Waals surface area contributed by atoms with Crippen molar-refractivity contribution in [2.45, 2.75) is 25.4 Å². The van der Waals surface area contributed by atoms with E-state index in [0.717, 1.165) is 35.4 Å². The minimum Gasteiger partial charge on any atom is -0.493 e. The lowest BCUT2D eigenvalue weighted by Gasteiger charge is -2.09. The third kappa shape index (κ3) is 2.63. The van der Waals surface area contributed by atoms with Crippen LogP contribution >= 0.6 is 0 Å². The second-order valence-electron chi connectivity index (χ2n) is 5.03. The molecule has 2 N–H and O–H groups in total. The van der Waals surface area contributed by atoms with Crippen molar-refractivity contribution < 1.29 is 13.9 Å². The Labute approximate surface area is 117 Å². The van der Waals surface area contributed by atoms with E-state index in [9.17, 15) is 4.79 Å². The lowest BCUT2D eigenvalue weighted by atomic mass is 10.2. The number of carbonyl (C=O) groups is 1. The molecule has 1 aromatic heterocycles. The molecule has 0 radical (unpaired) electrons. The molecular formula is C15H18N2O3. The summed E-state index contributed by atoms with van der Waals surface area (Å²) in [5, 5.41) is 7.28. The largest absolute Gasteiger partial charge is 0.493 e. The monoisotopic (exact) mass is 274 g/mol. The van der Waals surface area contributed by atoms with Crippen molar-refractivity contribution in [2.24, 2.45) is 0 Å². The number of amides is 1. The van der Waals surface area contributed by atoms with Gasteiger partial charge in [0, 0.05) is 24.4 Å². The maximum Gasteiger partial charge on any atom is 0.220 e. The first-order chi connectivity index (χ1) is 9.76. The Morgan fingerprint density at radius 3 is 3.15 bits per heavy atom. The van der Waals surface area contributed by atoms with Crippen LogP contribution in [-0.2, 0) is 11.3 Å². The maximum absolute atomic E-state index is 11.1. The van der Waals surface area contributed by atoms with Crippen molar-refractivity contribution in [3.8, 4) is 5.75 Å². The molecule has 106 valence electrons. The highest BCUT2D eigenvalue weighted by Gasteiger charge is 2.20. The van der Waals surface area contributed by atoms with Gasteiger partial charge in [0.25, 0.3) is 0 Å². The number of hydrogen-bond donors (Lipinski definition) is 2. The molecule has 1 aromatic carbocycles. The van der Waals surface area contributed by atoms with Gasteiger partial charge in [-0.2, -0.15) is 0 Å². The fourth-order valence-corrected chi connectivity index (χ4v) is 2.54. The van der Waals surface area contributed by atoms with Crippen LogP contribution in [0.15, 0.2) is 28.7 Å². The Kier molecular flexibility index (Phi) is 3.60. The number of nitrogens with one attached hydrogen (secondary N) is 2. The van der Waals surface area contributed by atoms with E-state index in [-0.39, 0.29) is 11.9 Å². The molecule has 0 bridgehead atoms. The van der Waals surface area contributed by atoms with Gasteiger partial charge in [-0.1, -0.05) is 12.1 Å². The molecule has 3 rings (SSSR count). The summed E-state index contributed by atoms with van der Waals surface area (Å²) >= 11 is 0. The highest BCUT2D eigenvalue weighted by Crippen LogP contribution is 2.28. The average Bonchev–Trinajstić information content (AvgIpc) is 3.04. The smallest absolute Gasteiger partial charge is 0.220 e. The zero-order valence-corrected chi connectivity index (χ0v) is 11.4. The fraction of sp³-hybridized carbons (Fsp3) is 0.400. The molecule has 5 heteroatoms. The van der Waals surface area contributed by atoms with Crippen molar-refractivity contribution in [3.63, 3.8) is 0 Å². The second-order valence-corrected chi connectivity index (χ2v) is 5.03. The van der Waals surface area contributed by atoms with Gasteiger partial charge in [-0.25, -0.2) is 0 Å². The van der Waals surface area contributed by atoms with Crippen molar-refractivity contribution in [2.75, 3.05) is 13.7 Å². The number of ether oxygens (including phenoxy) is 1. The van der Waals surface area contributed by atoms with E-state index in [4.69, 9.17) is 9.15 Å². The van der Waals surface area contributed by atoms with Gasteiger partial charge < -0.3 is 19.8 Å². The van der Waals surface area contributed by atoms with E-state index >= 15 is 0 Å². The predicted molar refractivity (Wildman–Crippen MR) is 75.6 cm³/mol. The van der Waals surface area contributed by atoms with E-state index in [2.05, 4.69) is 10.6 Å². The van der Waals surface area contributed by atoms with Gasteiger partial charge in [-0.05, 0) is 18.6 Å². The number of fused-ring (bicyclic) bond motifs is 1. The molecule has 1 atom stereocenters. The van der Waals surface area contributed by atoms with Gasteiger partial charge in [0.05, 0.1) is 13.7 Å². The van der Waals surface area contributed by atoms with Crippen molar-refractivity contribution in [3.05, 3.63) is 30.0 Å². The SMILES string of the molecule is COc1cccc2cc(CNCC3CCC(=O)N3)oc12. The van der Waals surface area contributed by atoms with Crippen LogP contribution in [0.2, 0.25) is 0 Å². The number of methoxy groups -OCH3 is 1. The average molecular weight is 274 g/mol. The van der Waals surface area contributed by atoms with Crippen molar-refractivity contribution >= 4 is 16.9 Å². The zero-order valence-electron chi connectivity index (χ0n) is 11.4. The van der Waals surface area contributed by atoms with Gasteiger partial charge in [0.15, 0.2) is 11.3 Å². The van der Waals surface area contributed by atoms with Crippen LogP contribution in [0.5, 0.6) is 5.75 Å². The van der Waals surface area contributed by atoms with E-state index in [0.29, 0.717) is 13.0 Å². The number of hydrogen-bond acceptors (Lipinski definition) is 4. The zero-order chi connectivity index (χ0) is 13.9. The third-order valence-electron chi connectivity index (χ3n) is 3.55. The molecule has 2 aromatic rings. The Morgan fingerprint density at radius 1 is 1.50 bits per heavy atom. The number of carbonyl (C=O) groups excluding carboxylic acids is 1. The molecule has 1 saturated heterocycles. The Morgan fingerprint density at radius 2 is 2.40 bits per heavy atom. The molecule has 0 aliphatic carbocycles. The van der Waals surface area contributed by atoms with Gasteiger partial charge in [0.2, 0.25) is 5.91 Å². The molecule has 1 unspecified atom stereocenters. The Balaban J connectivity index is 1.61. The number of furan rings is 1. The van der Waals surface area contributed by atoms with E-state index in [1.165, 1.54) is 0 Å². The Hall–Kier alpha value is -2.01. The molecule has 2 heterocycles. The van der Waals surface area contributed by atoms with Crippen LogP contribution in [0, 0.1) is 0 Å². The minimum absolute atomic E-state index is 0.144. The predicted octanol–water partition coefficient (Wildman–Crippen LogP) is 1.81. The molecule has 20 heavy (non-hydrogen) atoms. The summed E-state index contributed by atoms with van der Waals surface area (Å²) in [6, 6.07) is 8.08. The molecule has 1 aliphatic rings. The summed E-state index contributed by atoms with van der Waals surface area (Å²) in [5.41, 5.74) is 0.779.